The van der Waals surface area contributed by atoms with Gasteiger partial charge in [-0.3, -0.25) is 19.3 Å². The van der Waals surface area contributed by atoms with Crippen LogP contribution in [0.15, 0.2) is 58.5 Å². The molecule has 196 valence electrons. The number of halogens is 4. The highest BCUT2D eigenvalue weighted by Gasteiger charge is 2.42. The molecule has 0 amide bonds. The molecule has 4 aromatic rings. The molecule has 2 atom stereocenters. The first-order valence-electron chi connectivity index (χ1n) is 11.6. The maximum Gasteiger partial charge on any atom is 0.274 e. The Kier molecular flexibility index (Phi) is 6.65. The average Bonchev–Trinajstić information content (AvgIpc) is 3.64. The van der Waals surface area contributed by atoms with Crippen molar-refractivity contribution in [1.82, 2.24) is 14.5 Å². The molecule has 0 N–H and O–H groups in total. The Morgan fingerprint density at radius 3 is 2.39 bits per heavy atom. The molecule has 0 unspecified atom stereocenters. The molecule has 11 heteroatoms. The summed E-state index contributed by atoms with van der Waals surface area (Å²) < 4.78 is 56.3. The fraction of sp³-hybridized carbons (Fsp3) is 0.222. The number of rotatable bonds is 5. The van der Waals surface area contributed by atoms with Gasteiger partial charge in [-0.25, -0.2) is 17.2 Å². The molecule has 38 heavy (non-hydrogen) atoms. The molecule has 1 aromatic carbocycles. The molecule has 0 aliphatic heterocycles. The van der Waals surface area contributed by atoms with Crippen molar-refractivity contribution in [3.05, 3.63) is 103 Å². The monoisotopic (exact) mass is 575 g/mol. The van der Waals surface area contributed by atoms with Gasteiger partial charge in [0.1, 0.15) is 15.6 Å². The van der Waals surface area contributed by atoms with E-state index in [1.54, 1.807) is 32.2 Å². The maximum absolute atomic E-state index is 16.0. The van der Waals surface area contributed by atoms with Gasteiger partial charge in [0.05, 0.1) is 10.7 Å². The average molecular weight is 576 g/mol. The van der Waals surface area contributed by atoms with Crippen molar-refractivity contribution in [1.29, 1.82) is 0 Å². The third-order valence-corrected chi connectivity index (χ3v) is 8.42. The Morgan fingerprint density at radius 1 is 1.00 bits per heavy atom. The second kappa shape index (κ2) is 9.55. The summed E-state index contributed by atoms with van der Waals surface area (Å²) in [6, 6.07) is 8.97. The summed E-state index contributed by atoms with van der Waals surface area (Å²) in [4.78, 5) is 21.3. The molecule has 1 aliphatic rings. The Morgan fingerprint density at radius 2 is 1.74 bits per heavy atom. The van der Waals surface area contributed by atoms with E-state index < -0.39 is 37.6 Å². The highest BCUT2D eigenvalue weighted by molar-refractivity contribution is 7.90. The van der Waals surface area contributed by atoms with Crippen molar-refractivity contribution < 1.29 is 17.2 Å². The summed E-state index contributed by atoms with van der Waals surface area (Å²) in [7, 11) is -3.91. The molecular weight excluding hydrogens is 555 g/mol. The zero-order valence-corrected chi connectivity index (χ0v) is 22.8. The lowest BCUT2D eigenvalue weighted by molar-refractivity contribution is 0.569. The normalized spacial score (nSPS) is 17.0. The lowest BCUT2D eigenvalue weighted by Crippen LogP contribution is -2.24. The molecule has 1 fully saturated rings. The van der Waals surface area contributed by atoms with Crippen LogP contribution in [0.2, 0.25) is 10.0 Å². The molecule has 0 spiro atoms. The van der Waals surface area contributed by atoms with Crippen LogP contribution in [-0.2, 0) is 9.84 Å². The van der Waals surface area contributed by atoms with Crippen molar-refractivity contribution in [3.8, 4) is 16.9 Å². The molecule has 0 bridgehead atoms. The minimum absolute atomic E-state index is 0.0241. The van der Waals surface area contributed by atoms with E-state index in [0.717, 1.165) is 29.0 Å². The zero-order chi connectivity index (χ0) is 27.5. The van der Waals surface area contributed by atoms with Gasteiger partial charge in [-0.15, -0.1) is 0 Å². The third kappa shape index (κ3) is 4.52. The van der Waals surface area contributed by atoms with Crippen LogP contribution in [0.4, 0.5) is 8.78 Å². The van der Waals surface area contributed by atoms with Crippen LogP contribution < -0.4 is 5.56 Å². The number of benzene rings is 1. The summed E-state index contributed by atoms with van der Waals surface area (Å²) in [5.41, 5.74) is 0.709. The summed E-state index contributed by atoms with van der Waals surface area (Å²) in [5.74, 6) is -2.04. The molecule has 0 radical (unpaired) electrons. The molecular formula is C27H21Cl2F2N3O3S. The Labute approximate surface area is 227 Å². The van der Waals surface area contributed by atoms with E-state index in [-0.39, 0.29) is 28.1 Å². The smallest absolute Gasteiger partial charge is 0.274 e. The zero-order valence-electron chi connectivity index (χ0n) is 20.5. The predicted octanol–water partition coefficient (Wildman–Crippen LogP) is 6.17. The molecule has 0 saturated heterocycles. The van der Waals surface area contributed by atoms with Crippen LogP contribution in [-0.4, -0.2) is 29.2 Å². The standard InChI is InChI=1S/C27H21Cl2F2N3O3S/c1-13-11-33-25(16-5-4-6-21(23(16)30)38(3,36)37)24(31)26(13)34-14(2)9-19(22(29)27(34)35)17-10-18(17)20-8-7-15(28)12-32-20/h4-9,11-12,17-18H,10H2,1-3H3/t17-,18-/m0/s1. The van der Waals surface area contributed by atoms with E-state index in [2.05, 4.69) is 9.97 Å². The van der Waals surface area contributed by atoms with Crippen LogP contribution in [0.1, 0.15) is 40.8 Å². The Balaban J connectivity index is 1.61. The van der Waals surface area contributed by atoms with E-state index in [1.165, 1.54) is 18.3 Å². The van der Waals surface area contributed by atoms with E-state index in [9.17, 15) is 13.2 Å². The number of pyridine rings is 3. The Bertz CT molecular complexity index is 1770. The number of hydrogen-bond acceptors (Lipinski definition) is 5. The van der Waals surface area contributed by atoms with E-state index in [1.807, 2.05) is 6.07 Å². The lowest BCUT2D eigenvalue weighted by atomic mass is 10.1. The minimum Gasteiger partial charge on any atom is -0.277 e. The summed E-state index contributed by atoms with van der Waals surface area (Å²) >= 11 is 12.5. The first-order valence-corrected chi connectivity index (χ1v) is 14.2. The van der Waals surface area contributed by atoms with Gasteiger partial charge in [-0.2, -0.15) is 0 Å². The molecule has 3 heterocycles. The van der Waals surface area contributed by atoms with Gasteiger partial charge in [0, 0.05) is 41.5 Å². The maximum atomic E-state index is 16.0. The highest BCUT2D eigenvalue weighted by Crippen LogP contribution is 2.55. The second-order valence-corrected chi connectivity index (χ2v) is 12.2. The summed E-state index contributed by atoms with van der Waals surface area (Å²) in [5, 5.41) is 0.485. The number of sulfone groups is 1. The van der Waals surface area contributed by atoms with Gasteiger partial charge in [0.15, 0.2) is 21.5 Å². The summed E-state index contributed by atoms with van der Waals surface area (Å²) in [6.45, 7) is 3.22. The number of aromatic nitrogens is 3. The number of hydrogen-bond donors (Lipinski definition) is 0. The van der Waals surface area contributed by atoms with Crippen LogP contribution in [0.25, 0.3) is 16.9 Å². The van der Waals surface area contributed by atoms with Crippen molar-refractivity contribution in [2.75, 3.05) is 6.26 Å². The van der Waals surface area contributed by atoms with Crippen molar-refractivity contribution >= 4 is 33.0 Å². The molecule has 6 nitrogen and oxygen atoms in total. The molecule has 1 saturated carbocycles. The number of aryl methyl sites for hydroxylation is 2. The van der Waals surface area contributed by atoms with Crippen molar-refractivity contribution in [3.63, 3.8) is 0 Å². The van der Waals surface area contributed by atoms with Gasteiger partial charge >= 0.3 is 0 Å². The number of nitrogens with zero attached hydrogens (tertiary/aromatic N) is 3. The SMILES string of the molecule is Cc1cnc(-c2cccc(S(C)(=O)=O)c2F)c(F)c1-n1c(C)cc([C@H]2C[C@@H]2c2ccc(Cl)cn2)c(Cl)c1=O. The van der Waals surface area contributed by atoms with Gasteiger partial charge < -0.3 is 0 Å². The van der Waals surface area contributed by atoms with E-state index in [4.69, 9.17) is 23.2 Å². The fourth-order valence-electron chi connectivity index (χ4n) is 4.76. The predicted molar refractivity (Wildman–Crippen MR) is 142 cm³/mol. The third-order valence-electron chi connectivity index (χ3n) is 6.70. The minimum atomic E-state index is -3.91. The van der Waals surface area contributed by atoms with Crippen LogP contribution in [0, 0.1) is 25.5 Å². The first kappa shape index (κ1) is 26.5. The molecule has 3 aromatic heterocycles. The van der Waals surface area contributed by atoms with Gasteiger partial charge in [-0.1, -0.05) is 29.3 Å². The van der Waals surface area contributed by atoms with Crippen molar-refractivity contribution in [2.24, 2.45) is 0 Å². The van der Waals surface area contributed by atoms with E-state index >= 15 is 8.78 Å². The quantitative estimate of drug-likeness (QED) is 0.284. The second-order valence-electron chi connectivity index (χ2n) is 9.39. The first-order chi connectivity index (χ1) is 17.9. The topological polar surface area (TPSA) is 81.9 Å². The van der Waals surface area contributed by atoms with Crippen molar-refractivity contribution in [2.45, 2.75) is 37.0 Å². The summed E-state index contributed by atoms with van der Waals surface area (Å²) in [6.07, 6.45) is 4.48. The lowest BCUT2D eigenvalue weighted by Gasteiger charge is -2.18. The fourth-order valence-corrected chi connectivity index (χ4v) is 5.91. The van der Waals surface area contributed by atoms with Crippen LogP contribution in [0.5, 0.6) is 0 Å². The van der Waals surface area contributed by atoms with Gasteiger partial charge in [0.25, 0.3) is 5.56 Å². The Hall–Kier alpha value is -3.14. The van der Waals surface area contributed by atoms with Gasteiger partial charge in [0.2, 0.25) is 0 Å². The van der Waals surface area contributed by atoms with E-state index in [0.29, 0.717) is 21.8 Å². The van der Waals surface area contributed by atoms with Crippen LogP contribution in [0.3, 0.4) is 0 Å². The molecule has 1 aliphatic carbocycles. The van der Waals surface area contributed by atoms with Crippen LogP contribution >= 0.6 is 23.2 Å². The molecule has 5 rings (SSSR count). The largest absolute Gasteiger partial charge is 0.277 e. The van der Waals surface area contributed by atoms with Gasteiger partial charge in [-0.05, 0) is 67.6 Å². The highest BCUT2D eigenvalue weighted by atomic mass is 35.5.